The number of aliphatic carboxylic acids is 1. The molecular formula is C17H16N2O5. The van der Waals surface area contributed by atoms with Crippen LogP contribution in [0.25, 0.3) is 0 Å². The zero-order valence-corrected chi connectivity index (χ0v) is 12.9. The summed E-state index contributed by atoms with van der Waals surface area (Å²) in [6, 6.07) is 6.87. The number of benzene rings is 1. The number of hydrogen-bond donors (Lipinski definition) is 2. The molecule has 2 N–H and O–H groups in total. The molecule has 0 radical (unpaired) electrons. The smallest absolute Gasteiger partial charge is 0.310 e. The Morgan fingerprint density at radius 1 is 1.33 bits per heavy atom. The molecule has 1 aromatic carbocycles. The molecule has 2 saturated heterocycles. The Labute approximate surface area is 137 Å². The number of rotatable bonds is 3. The topological polar surface area (TPSA) is 95.9 Å². The van der Waals surface area contributed by atoms with Crippen molar-refractivity contribution in [1.29, 1.82) is 0 Å². The van der Waals surface area contributed by atoms with Gasteiger partial charge in [0.15, 0.2) is 0 Å². The van der Waals surface area contributed by atoms with Crippen LogP contribution in [0.1, 0.15) is 6.92 Å². The fourth-order valence-electron chi connectivity index (χ4n) is 3.93. The molecule has 3 aliphatic heterocycles. The molecule has 3 aliphatic rings. The van der Waals surface area contributed by atoms with Crippen LogP contribution < -0.4 is 10.2 Å². The molecule has 124 valence electrons. The highest BCUT2D eigenvalue weighted by Gasteiger charge is 2.67. The Balaban J connectivity index is 1.63. The van der Waals surface area contributed by atoms with Crippen LogP contribution in [-0.4, -0.2) is 41.1 Å². The summed E-state index contributed by atoms with van der Waals surface area (Å²) in [5.74, 6) is -2.95. The van der Waals surface area contributed by atoms with Gasteiger partial charge in [-0.15, -0.1) is 0 Å². The molecule has 24 heavy (non-hydrogen) atoms. The van der Waals surface area contributed by atoms with Gasteiger partial charge in [-0.25, -0.2) is 0 Å². The number of fused-ring (bicyclic) bond motifs is 1. The fraction of sp³-hybridized carbons (Fsp3) is 0.353. The molecule has 0 aliphatic carbocycles. The average molecular weight is 328 g/mol. The molecule has 0 aromatic heterocycles. The summed E-state index contributed by atoms with van der Waals surface area (Å²) in [5, 5.41) is 12.1. The van der Waals surface area contributed by atoms with Gasteiger partial charge in [-0.3, -0.25) is 14.4 Å². The largest absolute Gasteiger partial charge is 0.481 e. The van der Waals surface area contributed by atoms with Crippen molar-refractivity contribution >= 4 is 29.2 Å². The first-order valence-corrected chi connectivity index (χ1v) is 7.70. The van der Waals surface area contributed by atoms with Crippen LogP contribution in [0, 0.1) is 11.8 Å². The molecular weight excluding hydrogens is 312 g/mol. The summed E-state index contributed by atoms with van der Waals surface area (Å²) >= 11 is 0. The maximum absolute atomic E-state index is 12.8. The fourth-order valence-corrected chi connectivity index (χ4v) is 3.93. The first-order chi connectivity index (χ1) is 11.4. The van der Waals surface area contributed by atoms with Gasteiger partial charge >= 0.3 is 5.97 Å². The molecule has 2 fully saturated rings. The number of amides is 2. The molecule has 4 atom stereocenters. The third-order valence-corrected chi connectivity index (χ3v) is 4.88. The Morgan fingerprint density at radius 2 is 2.04 bits per heavy atom. The number of hydrogen-bond acceptors (Lipinski definition) is 4. The maximum Gasteiger partial charge on any atom is 0.310 e. The van der Waals surface area contributed by atoms with Crippen molar-refractivity contribution < 1.29 is 24.2 Å². The van der Waals surface area contributed by atoms with E-state index in [1.165, 1.54) is 6.92 Å². The Kier molecular flexibility index (Phi) is 3.05. The molecule has 2 bridgehead atoms. The van der Waals surface area contributed by atoms with Gasteiger partial charge < -0.3 is 20.1 Å². The first kappa shape index (κ1) is 14.9. The molecule has 2 amide bonds. The van der Waals surface area contributed by atoms with Crippen LogP contribution in [0.2, 0.25) is 0 Å². The minimum Gasteiger partial charge on any atom is -0.481 e. The van der Waals surface area contributed by atoms with Crippen molar-refractivity contribution in [2.75, 3.05) is 16.8 Å². The van der Waals surface area contributed by atoms with Crippen LogP contribution in [0.5, 0.6) is 0 Å². The van der Waals surface area contributed by atoms with Crippen LogP contribution in [0.3, 0.4) is 0 Å². The maximum atomic E-state index is 12.8. The SMILES string of the molecule is CC(=O)Nc1ccc(N2C[C@@]34C=C[C@@H](O3)[C@H](C(=O)O)[C@@H]4C2=O)cc1. The summed E-state index contributed by atoms with van der Waals surface area (Å²) in [6.45, 7) is 1.72. The number of ether oxygens (including phenoxy) is 1. The third kappa shape index (κ3) is 1.98. The van der Waals surface area contributed by atoms with E-state index in [4.69, 9.17) is 4.74 Å². The molecule has 0 unspecified atom stereocenters. The standard InChI is InChI=1S/C17H16N2O5/c1-9(20)18-10-2-4-11(5-3-10)19-8-17-7-6-12(24-17)13(16(22)23)14(17)15(19)21/h2-7,12-14H,8H2,1H3,(H,18,20)(H,22,23)/t12-,13+,14-,17-/m1/s1. The van der Waals surface area contributed by atoms with Gasteiger partial charge in [-0.05, 0) is 24.3 Å². The lowest BCUT2D eigenvalue weighted by atomic mass is 9.77. The molecule has 7 nitrogen and oxygen atoms in total. The Morgan fingerprint density at radius 3 is 2.67 bits per heavy atom. The van der Waals surface area contributed by atoms with E-state index in [1.807, 2.05) is 6.08 Å². The second kappa shape index (κ2) is 4.91. The second-order valence-corrected chi connectivity index (χ2v) is 6.39. The summed E-state index contributed by atoms with van der Waals surface area (Å²) in [4.78, 5) is 37.0. The van der Waals surface area contributed by atoms with Crippen molar-refractivity contribution in [1.82, 2.24) is 0 Å². The number of nitrogens with one attached hydrogen (secondary N) is 1. The molecule has 1 spiro atoms. The van der Waals surface area contributed by atoms with E-state index in [-0.39, 0.29) is 11.8 Å². The zero-order chi connectivity index (χ0) is 17.1. The van der Waals surface area contributed by atoms with E-state index in [9.17, 15) is 19.5 Å². The quantitative estimate of drug-likeness (QED) is 0.808. The average Bonchev–Trinajstić information content (AvgIpc) is 3.16. The monoisotopic (exact) mass is 328 g/mol. The van der Waals surface area contributed by atoms with Crippen molar-refractivity contribution in [2.24, 2.45) is 11.8 Å². The predicted octanol–water partition coefficient (Wildman–Crippen LogP) is 1.02. The lowest BCUT2D eigenvalue weighted by molar-refractivity contribution is -0.146. The minimum absolute atomic E-state index is 0.173. The third-order valence-electron chi connectivity index (χ3n) is 4.88. The van der Waals surface area contributed by atoms with Gasteiger partial charge in [-0.2, -0.15) is 0 Å². The van der Waals surface area contributed by atoms with Gasteiger partial charge in [0.25, 0.3) is 0 Å². The number of carboxylic acids is 1. The molecule has 4 rings (SSSR count). The second-order valence-electron chi connectivity index (χ2n) is 6.39. The highest BCUT2D eigenvalue weighted by atomic mass is 16.5. The summed E-state index contributed by atoms with van der Waals surface area (Å²) in [5.41, 5.74) is 0.445. The van der Waals surface area contributed by atoms with E-state index in [2.05, 4.69) is 5.32 Å². The number of carbonyl (C=O) groups excluding carboxylic acids is 2. The number of carbonyl (C=O) groups is 3. The minimum atomic E-state index is -1.01. The lowest BCUT2D eigenvalue weighted by Crippen LogP contribution is -2.39. The highest BCUT2D eigenvalue weighted by Crippen LogP contribution is 2.52. The molecule has 3 heterocycles. The van der Waals surface area contributed by atoms with Gasteiger partial charge in [0.2, 0.25) is 11.8 Å². The van der Waals surface area contributed by atoms with Crippen molar-refractivity contribution in [3.05, 3.63) is 36.4 Å². The van der Waals surface area contributed by atoms with E-state index in [0.29, 0.717) is 17.9 Å². The number of anilines is 2. The summed E-state index contributed by atoms with van der Waals surface area (Å²) in [7, 11) is 0. The van der Waals surface area contributed by atoms with E-state index in [0.717, 1.165) is 0 Å². The first-order valence-electron chi connectivity index (χ1n) is 7.70. The van der Waals surface area contributed by atoms with Gasteiger partial charge in [0, 0.05) is 18.3 Å². The van der Waals surface area contributed by atoms with Crippen molar-refractivity contribution in [3.63, 3.8) is 0 Å². The molecule has 1 aromatic rings. The van der Waals surface area contributed by atoms with Crippen LogP contribution >= 0.6 is 0 Å². The van der Waals surface area contributed by atoms with Crippen LogP contribution in [0.4, 0.5) is 11.4 Å². The summed E-state index contributed by atoms with van der Waals surface area (Å²) < 4.78 is 5.84. The number of nitrogens with zero attached hydrogens (tertiary/aromatic N) is 1. The normalized spacial score (nSPS) is 33.0. The summed E-state index contributed by atoms with van der Waals surface area (Å²) in [6.07, 6.45) is 3.04. The van der Waals surface area contributed by atoms with E-state index in [1.54, 1.807) is 35.2 Å². The lowest BCUT2D eigenvalue weighted by Gasteiger charge is -2.21. The Hall–Kier alpha value is -2.67. The van der Waals surface area contributed by atoms with Crippen LogP contribution in [-0.2, 0) is 19.1 Å². The molecule has 7 heteroatoms. The van der Waals surface area contributed by atoms with E-state index < -0.39 is 29.5 Å². The van der Waals surface area contributed by atoms with Gasteiger partial charge in [0.1, 0.15) is 11.5 Å². The number of carboxylic acid groups (broad SMARTS) is 1. The van der Waals surface area contributed by atoms with Gasteiger partial charge in [-0.1, -0.05) is 12.2 Å². The van der Waals surface area contributed by atoms with E-state index >= 15 is 0 Å². The predicted molar refractivity (Wildman–Crippen MR) is 84.5 cm³/mol. The van der Waals surface area contributed by atoms with Crippen LogP contribution in [0.15, 0.2) is 36.4 Å². The zero-order valence-electron chi connectivity index (χ0n) is 12.9. The van der Waals surface area contributed by atoms with Crippen molar-refractivity contribution in [3.8, 4) is 0 Å². The highest BCUT2D eigenvalue weighted by molar-refractivity contribution is 6.02. The van der Waals surface area contributed by atoms with Crippen molar-refractivity contribution in [2.45, 2.75) is 18.6 Å². The Bertz CT molecular complexity index is 772. The molecule has 0 saturated carbocycles. The van der Waals surface area contributed by atoms with Gasteiger partial charge in [0.05, 0.1) is 18.6 Å².